The molecule has 0 aliphatic rings. The molecule has 1 heterocycles. The van der Waals surface area contributed by atoms with Gasteiger partial charge in [-0.15, -0.1) is 0 Å². The maximum Gasteiger partial charge on any atom is 0.148 e. The summed E-state index contributed by atoms with van der Waals surface area (Å²) in [6.45, 7) is 1.85. The second-order valence-electron chi connectivity index (χ2n) is 3.96. The molecule has 0 atom stereocenters. The Balaban J connectivity index is 2.43. The van der Waals surface area contributed by atoms with Crippen molar-refractivity contribution in [3.05, 3.63) is 47.8 Å². The molecule has 1 aromatic heterocycles. The number of hydrogen-bond donors (Lipinski definition) is 2. The molecular weight excluding hydrogens is 242 g/mol. The third-order valence-corrected chi connectivity index (χ3v) is 2.66. The number of pyridine rings is 1. The van der Waals surface area contributed by atoms with E-state index in [0.717, 1.165) is 5.69 Å². The van der Waals surface area contributed by atoms with Crippen LogP contribution in [0.25, 0.3) is 0 Å². The SMILES string of the molecule is COc1ccc(C(=N)N)c(Oc2cccnc2C)c1. The van der Waals surface area contributed by atoms with Gasteiger partial charge in [-0.2, -0.15) is 0 Å². The predicted octanol–water partition coefficient (Wildman–Crippen LogP) is 2.47. The second kappa shape index (κ2) is 5.39. The van der Waals surface area contributed by atoms with Gasteiger partial charge in [0.25, 0.3) is 0 Å². The van der Waals surface area contributed by atoms with E-state index in [-0.39, 0.29) is 5.84 Å². The fourth-order valence-electron chi connectivity index (χ4n) is 1.63. The van der Waals surface area contributed by atoms with E-state index in [9.17, 15) is 0 Å². The van der Waals surface area contributed by atoms with Crippen molar-refractivity contribution in [3.8, 4) is 17.2 Å². The van der Waals surface area contributed by atoms with Crippen LogP contribution in [0.5, 0.6) is 17.2 Å². The van der Waals surface area contributed by atoms with Crippen molar-refractivity contribution in [1.82, 2.24) is 4.98 Å². The van der Waals surface area contributed by atoms with Gasteiger partial charge >= 0.3 is 0 Å². The number of aromatic nitrogens is 1. The van der Waals surface area contributed by atoms with Crippen LogP contribution in [0.3, 0.4) is 0 Å². The fraction of sp³-hybridized carbons (Fsp3) is 0.143. The Labute approximate surface area is 111 Å². The first-order chi connectivity index (χ1) is 9.11. The molecule has 3 N–H and O–H groups in total. The van der Waals surface area contributed by atoms with Crippen molar-refractivity contribution in [2.45, 2.75) is 6.92 Å². The number of benzene rings is 1. The van der Waals surface area contributed by atoms with Crippen LogP contribution in [0.2, 0.25) is 0 Å². The van der Waals surface area contributed by atoms with Gasteiger partial charge in [-0.25, -0.2) is 0 Å². The summed E-state index contributed by atoms with van der Waals surface area (Å²) in [5.74, 6) is 1.68. The average Bonchev–Trinajstić information content (AvgIpc) is 2.41. The van der Waals surface area contributed by atoms with Gasteiger partial charge < -0.3 is 15.2 Å². The Morgan fingerprint density at radius 2 is 2.05 bits per heavy atom. The highest BCUT2D eigenvalue weighted by Crippen LogP contribution is 2.30. The molecule has 98 valence electrons. The van der Waals surface area contributed by atoms with Gasteiger partial charge in [0.2, 0.25) is 0 Å². The number of nitrogens with zero attached hydrogens (tertiary/aromatic N) is 1. The summed E-state index contributed by atoms with van der Waals surface area (Å²) in [6, 6.07) is 8.73. The van der Waals surface area contributed by atoms with Gasteiger partial charge in [-0.1, -0.05) is 0 Å². The molecule has 5 heteroatoms. The number of rotatable bonds is 4. The van der Waals surface area contributed by atoms with Crippen LogP contribution in [0, 0.1) is 12.3 Å². The highest BCUT2D eigenvalue weighted by molar-refractivity contribution is 5.97. The molecule has 2 aromatic rings. The molecule has 0 aliphatic heterocycles. The summed E-state index contributed by atoms with van der Waals surface area (Å²) in [5.41, 5.74) is 6.83. The maximum absolute atomic E-state index is 7.56. The number of methoxy groups -OCH3 is 1. The van der Waals surface area contributed by atoms with E-state index in [1.165, 1.54) is 0 Å². The Morgan fingerprint density at radius 3 is 2.68 bits per heavy atom. The highest BCUT2D eigenvalue weighted by Gasteiger charge is 2.11. The zero-order valence-corrected chi connectivity index (χ0v) is 10.8. The van der Waals surface area contributed by atoms with E-state index in [1.807, 2.05) is 13.0 Å². The Bertz CT molecular complexity index is 611. The van der Waals surface area contributed by atoms with Crippen LogP contribution in [0.1, 0.15) is 11.3 Å². The Hall–Kier alpha value is -2.56. The van der Waals surface area contributed by atoms with Crippen LogP contribution < -0.4 is 15.2 Å². The van der Waals surface area contributed by atoms with E-state index >= 15 is 0 Å². The summed E-state index contributed by atoms with van der Waals surface area (Å²) in [6.07, 6.45) is 1.69. The summed E-state index contributed by atoms with van der Waals surface area (Å²) in [7, 11) is 1.57. The minimum atomic E-state index is -0.0563. The van der Waals surface area contributed by atoms with E-state index in [4.69, 9.17) is 20.6 Å². The number of hydrogen-bond acceptors (Lipinski definition) is 4. The lowest BCUT2D eigenvalue weighted by Gasteiger charge is -2.12. The predicted molar refractivity (Wildman–Crippen MR) is 73.1 cm³/mol. The van der Waals surface area contributed by atoms with E-state index < -0.39 is 0 Å². The van der Waals surface area contributed by atoms with E-state index in [2.05, 4.69) is 4.98 Å². The lowest BCUT2D eigenvalue weighted by atomic mass is 10.1. The quantitative estimate of drug-likeness (QED) is 0.651. The smallest absolute Gasteiger partial charge is 0.148 e. The van der Waals surface area contributed by atoms with Gasteiger partial charge in [0.15, 0.2) is 0 Å². The zero-order valence-electron chi connectivity index (χ0n) is 10.8. The topological polar surface area (TPSA) is 81.2 Å². The number of nitrogens with one attached hydrogen (secondary N) is 1. The maximum atomic E-state index is 7.56. The van der Waals surface area contributed by atoms with Crippen molar-refractivity contribution < 1.29 is 9.47 Å². The van der Waals surface area contributed by atoms with Crippen molar-refractivity contribution in [2.24, 2.45) is 5.73 Å². The molecule has 0 bridgehead atoms. The minimum absolute atomic E-state index is 0.0563. The van der Waals surface area contributed by atoms with E-state index in [0.29, 0.717) is 22.8 Å². The van der Waals surface area contributed by atoms with Gasteiger partial charge in [0.1, 0.15) is 23.1 Å². The van der Waals surface area contributed by atoms with Gasteiger partial charge in [0.05, 0.1) is 18.4 Å². The normalized spacial score (nSPS) is 10.0. The number of amidine groups is 1. The van der Waals surface area contributed by atoms with Crippen LogP contribution in [-0.4, -0.2) is 17.9 Å². The van der Waals surface area contributed by atoms with Crippen molar-refractivity contribution >= 4 is 5.84 Å². The number of nitrogen functional groups attached to an aromatic ring is 1. The first kappa shape index (κ1) is 12.9. The molecular formula is C14H15N3O2. The van der Waals surface area contributed by atoms with Gasteiger partial charge in [-0.3, -0.25) is 10.4 Å². The Morgan fingerprint density at radius 1 is 1.26 bits per heavy atom. The van der Waals surface area contributed by atoms with Crippen molar-refractivity contribution in [1.29, 1.82) is 5.41 Å². The molecule has 5 nitrogen and oxygen atoms in total. The van der Waals surface area contributed by atoms with E-state index in [1.54, 1.807) is 37.6 Å². The molecule has 0 aliphatic carbocycles. The first-order valence-corrected chi connectivity index (χ1v) is 5.73. The summed E-state index contributed by atoms with van der Waals surface area (Å²) in [4.78, 5) is 4.15. The third-order valence-electron chi connectivity index (χ3n) is 2.66. The molecule has 2 rings (SSSR count). The van der Waals surface area contributed by atoms with Crippen molar-refractivity contribution in [2.75, 3.05) is 7.11 Å². The largest absolute Gasteiger partial charge is 0.497 e. The Kier molecular flexibility index (Phi) is 3.66. The number of aryl methyl sites for hydroxylation is 1. The van der Waals surface area contributed by atoms with Gasteiger partial charge in [0, 0.05) is 12.3 Å². The lowest BCUT2D eigenvalue weighted by Crippen LogP contribution is -2.12. The third kappa shape index (κ3) is 2.82. The molecule has 0 radical (unpaired) electrons. The molecule has 0 unspecified atom stereocenters. The second-order valence-corrected chi connectivity index (χ2v) is 3.96. The van der Waals surface area contributed by atoms with Crippen molar-refractivity contribution in [3.63, 3.8) is 0 Å². The average molecular weight is 257 g/mol. The number of ether oxygens (including phenoxy) is 2. The lowest BCUT2D eigenvalue weighted by molar-refractivity contribution is 0.408. The highest BCUT2D eigenvalue weighted by atomic mass is 16.5. The summed E-state index contributed by atoms with van der Waals surface area (Å²) < 4.78 is 10.9. The molecule has 0 fully saturated rings. The molecule has 0 saturated heterocycles. The number of nitrogens with two attached hydrogens (primary N) is 1. The van der Waals surface area contributed by atoms with Gasteiger partial charge in [-0.05, 0) is 31.2 Å². The first-order valence-electron chi connectivity index (χ1n) is 5.73. The summed E-state index contributed by atoms with van der Waals surface area (Å²) >= 11 is 0. The van der Waals surface area contributed by atoms with Crippen LogP contribution in [-0.2, 0) is 0 Å². The fourth-order valence-corrected chi connectivity index (χ4v) is 1.63. The molecule has 19 heavy (non-hydrogen) atoms. The minimum Gasteiger partial charge on any atom is -0.497 e. The summed E-state index contributed by atoms with van der Waals surface area (Å²) in [5, 5.41) is 7.56. The standard InChI is InChI=1S/C14H15N3O2/c1-9-12(4-3-7-17-9)19-13-8-10(18-2)5-6-11(13)14(15)16/h3-8H,1-2H3,(H3,15,16). The van der Waals surface area contributed by atoms with Crippen LogP contribution >= 0.6 is 0 Å². The zero-order chi connectivity index (χ0) is 13.8. The van der Waals surface area contributed by atoms with Crippen LogP contribution in [0.4, 0.5) is 0 Å². The molecule has 0 amide bonds. The molecule has 0 spiro atoms. The monoisotopic (exact) mass is 257 g/mol. The van der Waals surface area contributed by atoms with Crippen LogP contribution in [0.15, 0.2) is 36.5 Å². The molecule has 1 aromatic carbocycles. The molecule has 0 saturated carbocycles.